The molecular formula is C27H29N7O3. The lowest BCUT2D eigenvalue weighted by molar-refractivity contribution is -0.383. The van der Waals surface area contributed by atoms with Crippen molar-refractivity contribution < 1.29 is 9.66 Å². The van der Waals surface area contributed by atoms with Crippen molar-refractivity contribution in [1.29, 1.82) is 0 Å². The van der Waals surface area contributed by atoms with E-state index in [1.165, 1.54) is 0 Å². The standard InChI is InChI=1S/C27H29N7O3/c1-20-6-4-7-21(18-20)23-10-13-33(31-23)25-19-24(32-14-16-37-17-15-32)26(34(35)36)27(30-25)29-12-5-9-22-8-2-3-11-28-22/h2-4,6-8,10-11,13,18-19H,5,9,12,14-17H2,1H3,(H,29,30). The van der Waals surface area contributed by atoms with Crippen molar-refractivity contribution in [3.05, 3.63) is 88.4 Å². The van der Waals surface area contributed by atoms with Crippen LogP contribution in [0.2, 0.25) is 0 Å². The molecule has 10 nitrogen and oxygen atoms in total. The minimum Gasteiger partial charge on any atom is -0.378 e. The molecule has 0 amide bonds. The van der Waals surface area contributed by atoms with Gasteiger partial charge in [-0.25, -0.2) is 9.67 Å². The maximum atomic E-state index is 12.2. The van der Waals surface area contributed by atoms with Gasteiger partial charge in [-0.15, -0.1) is 0 Å². The summed E-state index contributed by atoms with van der Waals surface area (Å²) in [5.74, 6) is 0.746. The second-order valence-electron chi connectivity index (χ2n) is 8.92. The molecule has 3 aromatic heterocycles. The molecule has 37 heavy (non-hydrogen) atoms. The Morgan fingerprint density at radius 2 is 1.97 bits per heavy atom. The summed E-state index contributed by atoms with van der Waals surface area (Å²) in [6, 6.07) is 17.6. The van der Waals surface area contributed by atoms with E-state index in [9.17, 15) is 10.1 Å². The summed E-state index contributed by atoms with van der Waals surface area (Å²) in [5.41, 5.74) is 4.42. The second-order valence-corrected chi connectivity index (χ2v) is 8.92. The Hall–Kier alpha value is -4.31. The van der Waals surface area contributed by atoms with Crippen LogP contribution in [0.15, 0.2) is 67.0 Å². The molecule has 0 aliphatic carbocycles. The molecule has 4 aromatic rings. The van der Waals surface area contributed by atoms with Gasteiger partial charge in [-0.1, -0.05) is 29.8 Å². The van der Waals surface area contributed by atoms with Gasteiger partial charge in [-0.05, 0) is 44.0 Å². The van der Waals surface area contributed by atoms with E-state index < -0.39 is 0 Å². The highest BCUT2D eigenvalue weighted by molar-refractivity contribution is 5.76. The normalized spacial score (nSPS) is 13.5. The van der Waals surface area contributed by atoms with Crippen LogP contribution >= 0.6 is 0 Å². The maximum absolute atomic E-state index is 12.2. The van der Waals surface area contributed by atoms with Gasteiger partial charge in [-0.3, -0.25) is 15.1 Å². The van der Waals surface area contributed by atoms with Crippen molar-refractivity contribution in [3.8, 4) is 17.1 Å². The topological polar surface area (TPSA) is 111 Å². The van der Waals surface area contributed by atoms with Crippen molar-refractivity contribution in [1.82, 2.24) is 19.7 Å². The minimum absolute atomic E-state index is 0.0328. The molecule has 10 heteroatoms. The van der Waals surface area contributed by atoms with Crippen molar-refractivity contribution in [2.45, 2.75) is 19.8 Å². The Balaban J connectivity index is 1.47. The van der Waals surface area contributed by atoms with Crippen molar-refractivity contribution >= 4 is 17.2 Å². The van der Waals surface area contributed by atoms with Gasteiger partial charge < -0.3 is 15.0 Å². The van der Waals surface area contributed by atoms with Crippen LogP contribution in [0.5, 0.6) is 0 Å². The van der Waals surface area contributed by atoms with Crippen LogP contribution in [0.1, 0.15) is 17.7 Å². The molecular weight excluding hydrogens is 470 g/mol. The largest absolute Gasteiger partial charge is 0.378 e. The number of aryl methyl sites for hydroxylation is 2. The Morgan fingerprint density at radius 3 is 2.73 bits per heavy atom. The lowest BCUT2D eigenvalue weighted by atomic mass is 10.1. The van der Waals surface area contributed by atoms with Gasteiger partial charge in [0, 0.05) is 49.4 Å². The molecule has 1 saturated heterocycles. The number of hydrogen-bond donors (Lipinski definition) is 1. The molecule has 0 radical (unpaired) electrons. The van der Waals surface area contributed by atoms with Crippen LogP contribution in [-0.2, 0) is 11.2 Å². The summed E-state index contributed by atoms with van der Waals surface area (Å²) in [6.45, 7) is 4.72. The summed E-state index contributed by atoms with van der Waals surface area (Å²) in [6.07, 6.45) is 5.12. The fourth-order valence-electron chi connectivity index (χ4n) is 4.41. The molecule has 0 spiro atoms. The number of nitrogens with one attached hydrogen (secondary N) is 1. The number of ether oxygens (including phenoxy) is 1. The summed E-state index contributed by atoms with van der Waals surface area (Å²) >= 11 is 0. The maximum Gasteiger partial charge on any atom is 0.334 e. The van der Waals surface area contributed by atoms with Gasteiger partial charge in [0.1, 0.15) is 5.69 Å². The molecule has 0 bridgehead atoms. The number of morpholine rings is 1. The molecule has 4 heterocycles. The lowest BCUT2D eigenvalue weighted by Crippen LogP contribution is -2.36. The molecule has 5 rings (SSSR count). The van der Waals surface area contributed by atoms with Crippen LogP contribution in [0.4, 0.5) is 17.2 Å². The average molecular weight is 500 g/mol. The lowest BCUT2D eigenvalue weighted by Gasteiger charge is -2.29. The first kappa shape index (κ1) is 24.4. The van der Waals surface area contributed by atoms with E-state index in [0.29, 0.717) is 44.4 Å². The van der Waals surface area contributed by atoms with Gasteiger partial charge in [0.25, 0.3) is 0 Å². The number of nitro groups is 1. The van der Waals surface area contributed by atoms with Crippen LogP contribution in [-0.4, -0.2) is 57.5 Å². The Bertz CT molecular complexity index is 1370. The summed E-state index contributed by atoms with van der Waals surface area (Å²) < 4.78 is 7.15. The molecule has 1 aliphatic rings. The van der Waals surface area contributed by atoms with E-state index in [0.717, 1.165) is 35.4 Å². The number of nitrogens with zero attached hydrogens (tertiary/aromatic N) is 6. The van der Waals surface area contributed by atoms with E-state index in [-0.39, 0.29) is 16.4 Å². The molecule has 190 valence electrons. The number of hydrogen-bond acceptors (Lipinski definition) is 8. The van der Waals surface area contributed by atoms with Crippen molar-refractivity contribution in [2.75, 3.05) is 43.1 Å². The van der Waals surface area contributed by atoms with Gasteiger partial charge in [-0.2, -0.15) is 5.10 Å². The van der Waals surface area contributed by atoms with E-state index in [1.807, 2.05) is 60.5 Å². The third kappa shape index (κ3) is 5.75. The highest BCUT2D eigenvalue weighted by Gasteiger charge is 2.28. The fraction of sp³-hybridized carbons (Fsp3) is 0.296. The van der Waals surface area contributed by atoms with Crippen molar-refractivity contribution in [3.63, 3.8) is 0 Å². The van der Waals surface area contributed by atoms with Crippen LogP contribution < -0.4 is 10.2 Å². The Kier molecular flexibility index (Phi) is 7.36. The molecule has 0 unspecified atom stereocenters. The van der Waals surface area contributed by atoms with Gasteiger partial charge in [0.15, 0.2) is 5.82 Å². The zero-order chi connectivity index (χ0) is 25.6. The summed E-state index contributed by atoms with van der Waals surface area (Å²) in [4.78, 5) is 22.9. The molecule has 1 fully saturated rings. The number of benzene rings is 1. The SMILES string of the molecule is Cc1cccc(-c2ccn(-c3cc(N4CCOCC4)c([N+](=O)[O-])c(NCCCc4ccccn4)n3)n2)c1. The third-order valence-electron chi connectivity index (χ3n) is 6.26. The first-order valence-corrected chi connectivity index (χ1v) is 12.4. The predicted molar refractivity (Wildman–Crippen MR) is 142 cm³/mol. The van der Waals surface area contributed by atoms with E-state index in [2.05, 4.69) is 21.4 Å². The molecule has 1 aliphatic heterocycles. The molecule has 1 aromatic carbocycles. The predicted octanol–water partition coefficient (Wildman–Crippen LogP) is 4.43. The van der Waals surface area contributed by atoms with E-state index in [1.54, 1.807) is 16.9 Å². The second kappa shape index (κ2) is 11.2. The number of rotatable bonds is 9. The first-order valence-electron chi connectivity index (χ1n) is 12.4. The van der Waals surface area contributed by atoms with Crippen LogP contribution in [0, 0.1) is 17.0 Å². The van der Waals surface area contributed by atoms with Crippen molar-refractivity contribution in [2.24, 2.45) is 0 Å². The zero-order valence-corrected chi connectivity index (χ0v) is 20.7. The smallest absolute Gasteiger partial charge is 0.334 e. The van der Waals surface area contributed by atoms with E-state index in [4.69, 9.17) is 9.84 Å². The highest BCUT2D eigenvalue weighted by atomic mass is 16.6. The van der Waals surface area contributed by atoms with Gasteiger partial charge in [0.2, 0.25) is 5.82 Å². The highest BCUT2D eigenvalue weighted by Crippen LogP contribution is 2.36. The summed E-state index contributed by atoms with van der Waals surface area (Å²) in [7, 11) is 0. The third-order valence-corrected chi connectivity index (χ3v) is 6.26. The average Bonchev–Trinajstić information content (AvgIpc) is 3.42. The quantitative estimate of drug-likeness (QED) is 0.205. The first-order chi connectivity index (χ1) is 18.1. The molecule has 0 saturated carbocycles. The number of pyridine rings is 2. The van der Waals surface area contributed by atoms with Crippen LogP contribution in [0.3, 0.4) is 0 Å². The molecule has 1 N–H and O–H groups in total. The number of anilines is 2. The van der Waals surface area contributed by atoms with Gasteiger partial charge in [0.05, 0.1) is 23.8 Å². The molecule has 0 atom stereocenters. The zero-order valence-electron chi connectivity index (χ0n) is 20.7. The Labute approximate surface area is 215 Å². The minimum atomic E-state index is -0.357. The fourth-order valence-corrected chi connectivity index (χ4v) is 4.41. The Morgan fingerprint density at radius 1 is 1.11 bits per heavy atom. The van der Waals surface area contributed by atoms with Crippen LogP contribution in [0.25, 0.3) is 17.1 Å². The van der Waals surface area contributed by atoms with E-state index >= 15 is 0 Å². The summed E-state index contributed by atoms with van der Waals surface area (Å²) in [5, 5.41) is 20.2. The monoisotopic (exact) mass is 499 g/mol. The number of aromatic nitrogens is 4. The van der Waals surface area contributed by atoms with Gasteiger partial charge >= 0.3 is 5.69 Å².